The van der Waals surface area contributed by atoms with Crippen molar-refractivity contribution in [2.75, 3.05) is 0 Å². The lowest BCUT2D eigenvalue weighted by Gasteiger charge is -2.03. The monoisotopic (exact) mass is 244 g/mol. The molecule has 1 aromatic carbocycles. The van der Waals surface area contributed by atoms with E-state index in [0.717, 1.165) is 5.56 Å². The summed E-state index contributed by atoms with van der Waals surface area (Å²) in [4.78, 5) is 3.42. The molecule has 2 aromatic rings. The van der Waals surface area contributed by atoms with E-state index in [-0.39, 0.29) is 17.1 Å². The Morgan fingerprint density at radius 3 is 2.71 bits per heavy atom. The maximum atomic E-state index is 12.4. The summed E-state index contributed by atoms with van der Waals surface area (Å²) in [5, 5.41) is 0. The summed E-state index contributed by atoms with van der Waals surface area (Å²) < 4.78 is 41.7. The molecule has 92 valence electrons. The average Bonchev–Trinajstić information content (AvgIpc) is 2.58. The van der Waals surface area contributed by atoms with Crippen molar-refractivity contribution < 1.29 is 17.6 Å². The number of halogens is 3. The van der Waals surface area contributed by atoms with Crippen LogP contribution in [0.25, 0.3) is 11.1 Å². The van der Waals surface area contributed by atoms with Gasteiger partial charge in [0, 0.05) is 6.04 Å². The van der Waals surface area contributed by atoms with E-state index < -0.39 is 12.1 Å². The second-order valence-electron chi connectivity index (χ2n) is 4.00. The second-order valence-corrected chi connectivity index (χ2v) is 4.00. The number of rotatable bonds is 2. The molecule has 0 bridgehead atoms. The van der Waals surface area contributed by atoms with E-state index in [0.29, 0.717) is 6.42 Å². The standard InChI is InChI=1S/C11H11F3N2O/c1-6(15)4-7-2-3-9-8(5-7)16-10(17-9)11(12,13)14/h2-3,5-6H,4,15H2,1H3. The third kappa shape index (κ3) is 2.58. The van der Waals surface area contributed by atoms with Crippen molar-refractivity contribution in [2.45, 2.75) is 25.6 Å². The molecule has 0 aliphatic carbocycles. The summed E-state index contributed by atoms with van der Waals surface area (Å²) in [6.45, 7) is 1.83. The van der Waals surface area contributed by atoms with Crippen molar-refractivity contribution in [2.24, 2.45) is 5.73 Å². The van der Waals surface area contributed by atoms with Crippen LogP contribution in [-0.4, -0.2) is 11.0 Å². The minimum absolute atomic E-state index is 0.0542. The maximum Gasteiger partial charge on any atom is 0.468 e. The van der Waals surface area contributed by atoms with Crippen molar-refractivity contribution in [1.29, 1.82) is 0 Å². The zero-order valence-electron chi connectivity index (χ0n) is 9.08. The zero-order valence-corrected chi connectivity index (χ0v) is 9.08. The van der Waals surface area contributed by atoms with Crippen molar-refractivity contribution in [3.8, 4) is 0 Å². The quantitative estimate of drug-likeness (QED) is 0.883. The molecule has 2 N–H and O–H groups in total. The summed E-state index contributed by atoms with van der Waals surface area (Å²) in [6, 6.07) is 4.69. The van der Waals surface area contributed by atoms with Gasteiger partial charge in [-0.2, -0.15) is 13.2 Å². The Labute approximate surface area is 95.4 Å². The highest BCUT2D eigenvalue weighted by atomic mass is 19.4. The lowest BCUT2D eigenvalue weighted by Crippen LogP contribution is -2.17. The Balaban J connectivity index is 2.41. The zero-order chi connectivity index (χ0) is 12.6. The number of nitrogens with two attached hydrogens (primary N) is 1. The van der Waals surface area contributed by atoms with Gasteiger partial charge in [0.25, 0.3) is 0 Å². The number of alkyl halides is 3. The first-order valence-corrected chi connectivity index (χ1v) is 5.08. The van der Waals surface area contributed by atoms with Crippen molar-refractivity contribution >= 4 is 11.1 Å². The van der Waals surface area contributed by atoms with Gasteiger partial charge in [-0.15, -0.1) is 0 Å². The number of benzene rings is 1. The van der Waals surface area contributed by atoms with Gasteiger partial charge < -0.3 is 10.2 Å². The van der Waals surface area contributed by atoms with Crippen LogP contribution in [0.3, 0.4) is 0 Å². The van der Waals surface area contributed by atoms with Crippen LogP contribution in [0.2, 0.25) is 0 Å². The normalized spacial score (nSPS) is 14.2. The van der Waals surface area contributed by atoms with E-state index >= 15 is 0 Å². The van der Waals surface area contributed by atoms with E-state index in [1.54, 1.807) is 12.1 Å². The molecule has 1 unspecified atom stereocenters. The Kier molecular flexibility index (Phi) is 2.82. The van der Waals surface area contributed by atoms with Crippen LogP contribution >= 0.6 is 0 Å². The first-order chi connectivity index (χ1) is 7.86. The Hall–Kier alpha value is -1.56. The molecule has 1 heterocycles. The predicted molar refractivity (Wildman–Crippen MR) is 56.4 cm³/mol. The Morgan fingerprint density at radius 2 is 2.12 bits per heavy atom. The third-order valence-electron chi connectivity index (χ3n) is 2.25. The fraction of sp³-hybridized carbons (Fsp3) is 0.364. The SMILES string of the molecule is CC(N)Cc1ccc2oc(C(F)(F)F)nc2c1. The fourth-order valence-corrected chi connectivity index (χ4v) is 1.59. The molecule has 6 heteroatoms. The van der Waals surface area contributed by atoms with E-state index in [2.05, 4.69) is 9.40 Å². The van der Waals surface area contributed by atoms with E-state index in [1.165, 1.54) is 6.07 Å². The van der Waals surface area contributed by atoms with Crippen LogP contribution in [0.1, 0.15) is 18.4 Å². The molecule has 0 aliphatic heterocycles. The molecule has 1 atom stereocenters. The summed E-state index contributed by atoms with van der Waals surface area (Å²) in [7, 11) is 0. The van der Waals surface area contributed by atoms with Gasteiger partial charge in [-0.3, -0.25) is 0 Å². The van der Waals surface area contributed by atoms with E-state index in [1.807, 2.05) is 6.92 Å². The smallest absolute Gasteiger partial charge is 0.433 e. The largest absolute Gasteiger partial charge is 0.468 e. The molecule has 1 aromatic heterocycles. The number of fused-ring (bicyclic) bond motifs is 1. The minimum Gasteiger partial charge on any atom is -0.433 e. The lowest BCUT2D eigenvalue weighted by molar-refractivity contribution is -0.156. The highest BCUT2D eigenvalue weighted by Gasteiger charge is 2.37. The first-order valence-electron chi connectivity index (χ1n) is 5.08. The maximum absolute atomic E-state index is 12.4. The molecule has 0 saturated carbocycles. The van der Waals surface area contributed by atoms with Gasteiger partial charge in [-0.05, 0) is 31.0 Å². The van der Waals surface area contributed by atoms with Gasteiger partial charge >= 0.3 is 12.1 Å². The van der Waals surface area contributed by atoms with Crippen LogP contribution in [-0.2, 0) is 12.6 Å². The molecular weight excluding hydrogens is 233 g/mol. The molecule has 0 radical (unpaired) electrons. The molecular formula is C11H11F3N2O. The topological polar surface area (TPSA) is 52.0 Å². The summed E-state index contributed by atoms with van der Waals surface area (Å²) >= 11 is 0. The highest BCUT2D eigenvalue weighted by Crippen LogP contribution is 2.31. The van der Waals surface area contributed by atoms with Gasteiger partial charge in [0.1, 0.15) is 5.52 Å². The van der Waals surface area contributed by atoms with Crippen molar-refractivity contribution in [3.05, 3.63) is 29.7 Å². The van der Waals surface area contributed by atoms with Gasteiger partial charge in [0.05, 0.1) is 0 Å². The number of aromatic nitrogens is 1. The van der Waals surface area contributed by atoms with E-state index in [4.69, 9.17) is 5.73 Å². The average molecular weight is 244 g/mol. The van der Waals surface area contributed by atoms with Crippen molar-refractivity contribution in [1.82, 2.24) is 4.98 Å². The van der Waals surface area contributed by atoms with E-state index in [9.17, 15) is 13.2 Å². The Bertz CT molecular complexity index is 531. The van der Waals surface area contributed by atoms with Gasteiger partial charge in [0.15, 0.2) is 5.58 Å². The van der Waals surface area contributed by atoms with Crippen molar-refractivity contribution in [3.63, 3.8) is 0 Å². The minimum atomic E-state index is -4.56. The molecule has 2 rings (SSSR count). The van der Waals surface area contributed by atoms with Crippen LogP contribution in [0.5, 0.6) is 0 Å². The molecule has 17 heavy (non-hydrogen) atoms. The fourth-order valence-electron chi connectivity index (χ4n) is 1.59. The molecule has 0 fully saturated rings. The third-order valence-corrected chi connectivity index (χ3v) is 2.25. The number of hydrogen-bond donors (Lipinski definition) is 1. The molecule has 3 nitrogen and oxygen atoms in total. The summed E-state index contributed by atoms with van der Waals surface area (Å²) in [6.07, 6.45) is -3.97. The Morgan fingerprint density at radius 1 is 1.41 bits per heavy atom. The van der Waals surface area contributed by atoms with Gasteiger partial charge in [-0.1, -0.05) is 6.07 Å². The number of oxazole rings is 1. The molecule has 0 spiro atoms. The van der Waals surface area contributed by atoms with Gasteiger partial charge in [-0.25, -0.2) is 4.98 Å². The second kappa shape index (κ2) is 4.03. The number of nitrogens with zero attached hydrogens (tertiary/aromatic N) is 1. The van der Waals surface area contributed by atoms with Crippen LogP contribution in [0.4, 0.5) is 13.2 Å². The summed E-state index contributed by atoms with van der Waals surface area (Å²) in [5.41, 5.74) is 6.80. The number of hydrogen-bond acceptors (Lipinski definition) is 3. The van der Waals surface area contributed by atoms with Crippen LogP contribution in [0, 0.1) is 0 Å². The van der Waals surface area contributed by atoms with Crippen LogP contribution in [0.15, 0.2) is 22.6 Å². The molecule has 0 saturated heterocycles. The highest BCUT2D eigenvalue weighted by molar-refractivity contribution is 5.73. The lowest BCUT2D eigenvalue weighted by atomic mass is 10.1. The van der Waals surface area contributed by atoms with Gasteiger partial charge in [0.2, 0.25) is 0 Å². The predicted octanol–water partition coefficient (Wildman–Crippen LogP) is 2.74. The first kappa shape index (κ1) is 11.9. The molecule has 0 aliphatic rings. The molecule has 0 amide bonds. The summed E-state index contributed by atoms with van der Waals surface area (Å²) in [5.74, 6) is -1.22. The van der Waals surface area contributed by atoms with Crippen LogP contribution < -0.4 is 5.73 Å².